The van der Waals surface area contributed by atoms with Crippen molar-refractivity contribution >= 4 is 23.1 Å². The van der Waals surface area contributed by atoms with Crippen LogP contribution in [0.25, 0.3) is 5.57 Å². The lowest BCUT2D eigenvalue weighted by atomic mass is 10.00. The Kier molecular flexibility index (Phi) is 5.09. The van der Waals surface area contributed by atoms with Gasteiger partial charge in [0.15, 0.2) is 0 Å². The second-order valence-corrected chi connectivity index (χ2v) is 6.05. The normalized spacial score (nSPS) is 17.1. The number of rotatable bonds is 4. The molecular formula is C16H16F3NO2S. The average molecular weight is 343 g/mol. The lowest BCUT2D eigenvalue weighted by Crippen LogP contribution is -2.11. The van der Waals surface area contributed by atoms with Crippen LogP contribution in [0.3, 0.4) is 0 Å². The summed E-state index contributed by atoms with van der Waals surface area (Å²) in [5, 5.41) is 0.597. The van der Waals surface area contributed by atoms with Gasteiger partial charge in [-0.1, -0.05) is 23.9 Å². The van der Waals surface area contributed by atoms with Crippen molar-refractivity contribution in [3.05, 3.63) is 51.6 Å². The van der Waals surface area contributed by atoms with Crippen molar-refractivity contribution in [1.82, 2.24) is 4.90 Å². The molecule has 0 bridgehead atoms. The Labute approximate surface area is 136 Å². The number of nitrogens with zero attached hydrogens (tertiary/aromatic N) is 1. The van der Waals surface area contributed by atoms with Crippen LogP contribution in [0.5, 0.6) is 0 Å². The summed E-state index contributed by atoms with van der Waals surface area (Å²) in [6.07, 6.45) is -3.09. The van der Waals surface area contributed by atoms with Crippen LogP contribution in [0.2, 0.25) is 0 Å². The summed E-state index contributed by atoms with van der Waals surface area (Å²) < 4.78 is 43.9. The Hall–Kier alpha value is -1.89. The number of ether oxygens (including phenoxy) is 1. The number of allylic oxidation sites excluding steroid dienone is 2. The third kappa shape index (κ3) is 3.72. The quantitative estimate of drug-likeness (QED) is 0.607. The molecule has 0 saturated carbocycles. The highest BCUT2D eigenvalue weighted by atomic mass is 32.2. The van der Waals surface area contributed by atoms with Gasteiger partial charge in [-0.15, -0.1) is 0 Å². The fourth-order valence-electron chi connectivity index (χ4n) is 2.08. The van der Waals surface area contributed by atoms with Crippen LogP contribution in [-0.2, 0) is 15.7 Å². The summed E-state index contributed by atoms with van der Waals surface area (Å²) in [6.45, 7) is 2.20. The Bertz CT molecular complexity index is 678. The molecule has 0 aromatic heterocycles. The maximum absolute atomic E-state index is 12.9. The fraction of sp³-hybridized carbons (Fsp3) is 0.312. The van der Waals surface area contributed by atoms with Gasteiger partial charge >= 0.3 is 6.18 Å². The zero-order valence-corrected chi connectivity index (χ0v) is 13.7. The number of halogens is 3. The molecule has 1 aliphatic rings. The fourth-order valence-corrected chi connectivity index (χ4v) is 3.09. The van der Waals surface area contributed by atoms with Gasteiger partial charge < -0.3 is 9.64 Å². The van der Waals surface area contributed by atoms with Gasteiger partial charge in [0, 0.05) is 14.1 Å². The van der Waals surface area contributed by atoms with Crippen molar-refractivity contribution < 1.29 is 22.7 Å². The highest BCUT2D eigenvalue weighted by molar-refractivity contribution is 8.08. The number of benzene rings is 1. The molecule has 0 saturated heterocycles. The van der Waals surface area contributed by atoms with E-state index in [2.05, 4.69) is 0 Å². The van der Waals surface area contributed by atoms with Gasteiger partial charge in [-0.3, -0.25) is 4.79 Å². The molecule has 0 spiro atoms. The van der Waals surface area contributed by atoms with Crippen molar-refractivity contribution in [2.45, 2.75) is 13.1 Å². The lowest BCUT2D eigenvalue weighted by Gasteiger charge is -2.15. The highest BCUT2D eigenvalue weighted by Gasteiger charge is 2.35. The van der Waals surface area contributed by atoms with E-state index in [0.717, 1.165) is 12.1 Å². The molecule has 124 valence electrons. The Morgan fingerprint density at radius 2 is 2.00 bits per heavy atom. The summed E-state index contributed by atoms with van der Waals surface area (Å²) in [6, 6.07) is 4.81. The van der Waals surface area contributed by atoms with Crippen molar-refractivity contribution in [2.75, 3.05) is 20.7 Å². The predicted molar refractivity (Wildman–Crippen MR) is 84.4 cm³/mol. The summed E-state index contributed by atoms with van der Waals surface area (Å²) in [7, 11) is 3.49. The van der Waals surface area contributed by atoms with Crippen LogP contribution in [0, 0.1) is 0 Å². The van der Waals surface area contributed by atoms with Crippen LogP contribution >= 0.6 is 11.8 Å². The van der Waals surface area contributed by atoms with Crippen molar-refractivity contribution in [3.63, 3.8) is 0 Å². The number of ketones is 1. The minimum atomic E-state index is -4.45. The van der Waals surface area contributed by atoms with Gasteiger partial charge in [-0.05, 0) is 24.6 Å². The first-order valence-corrected chi connectivity index (χ1v) is 7.71. The van der Waals surface area contributed by atoms with Gasteiger partial charge in [-0.25, -0.2) is 0 Å². The van der Waals surface area contributed by atoms with Crippen LogP contribution in [-0.4, -0.2) is 31.4 Å². The van der Waals surface area contributed by atoms with E-state index < -0.39 is 11.7 Å². The maximum atomic E-state index is 12.9. The molecule has 1 aromatic rings. The largest absolute Gasteiger partial charge is 0.500 e. The van der Waals surface area contributed by atoms with Crippen LogP contribution in [0.4, 0.5) is 13.2 Å². The van der Waals surface area contributed by atoms with Crippen molar-refractivity contribution in [2.24, 2.45) is 0 Å². The number of carbonyl (C=O) groups is 1. The SMILES string of the molecule is CCOC=C1SC(N(C)C)=C(c2cccc(C(F)(F)F)c2)C1=O. The van der Waals surface area contributed by atoms with Gasteiger partial charge in [0.05, 0.1) is 27.7 Å². The van der Waals surface area contributed by atoms with E-state index in [-0.39, 0.29) is 16.9 Å². The molecule has 1 heterocycles. The van der Waals surface area contributed by atoms with Crippen molar-refractivity contribution in [3.8, 4) is 0 Å². The van der Waals surface area contributed by atoms with Gasteiger partial charge in [-0.2, -0.15) is 13.2 Å². The van der Waals surface area contributed by atoms with E-state index >= 15 is 0 Å². The minimum absolute atomic E-state index is 0.251. The predicted octanol–water partition coefficient (Wildman–Crippen LogP) is 4.13. The second kappa shape index (κ2) is 6.70. The van der Waals surface area contributed by atoms with Gasteiger partial charge in [0.25, 0.3) is 0 Å². The molecule has 0 unspecified atom stereocenters. The first kappa shape index (κ1) is 17.5. The number of carbonyl (C=O) groups excluding carboxylic acids is 1. The second-order valence-electron chi connectivity index (χ2n) is 5.02. The summed E-state index contributed by atoms with van der Waals surface area (Å²) in [5.74, 6) is -0.327. The molecule has 0 N–H and O–H groups in total. The number of alkyl halides is 3. The molecule has 0 radical (unpaired) electrons. The van der Waals surface area contributed by atoms with Crippen LogP contribution in [0.1, 0.15) is 18.1 Å². The molecule has 3 nitrogen and oxygen atoms in total. The summed E-state index contributed by atoms with van der Waals surface area (Å²) in [4.78, 5) is 14.6. The Morgan fingerprint density at radius 3 is 2.57 bits per heavy atom. The van der Waals surface area contributed by atoms with E-state index in [1.807, 2.05) is 0 Å². The zero-order valence-electron chi connectivity index (χ0n) is 12.9. The summed E-state index contributed by atoms with van der Waals surface area (Å²) in [5.41, 5.74) is -0.265. The maximum Gasteiger partial charge on any atom is 0.416 e. The number of hydrogen-bond acceptors (Lipinski definition) is 4. The summed E-state index contributed by atoms with van der Waals surface area (Å²) >= 11 is 1.19. The van der Waals surface area contributed by atoms with Crippen LogP contribution in [0.15, 0.2) is 40.5 Å². The lowest BCUT2D eigenvalue weighted by molar-refractivity contribution is -0.137. The van der Waals surface area contributed by atoms with E-state index in [4.69, 9.17) is 4.74 Å². The molecule has 1 aliphatic heterocycles. The van der Waals surface area contributed by atoms with E-state index in [1.165, 1.54) is 30.2 Å². The van der Waals surface area contributed by atoms with Gasteiger partial charge in [0.2, 0.25) is 5.78 Å². The van der Waals surface area contributed by atoms with Crippen LogP contribution < -0.4 is 0 Å². The first-order chi connectivity index (χ1) is 10.8. The molecular weight excluding hydrogens is 327 g/mol. The molecule has 0 amide bonds. The Balaban J connectivity index is 2.50. The van der Waals surface area contributed by atoms with E-state index in [0.29, 0.717) is 16.5 Å². The first-order valence-electron chi connectivity index (χ1n) is 6.89. The van der Waals surface area contributed by atoms with E-state index in [9.17, 15) is 18.0 Å². The number of hydrogen-bond donors (Lipinski definition) is 0. The van der Waals surface area contributed by atoms with Gasteiger partial charge in [0.1, 0.15) is 6.26 Å². The molecule has 7 heteroatoms. The zero-order chi connectivity index (χ0) is 17.2. The topological polar surface area (TPSA) is 29.5 Å². The molecule has 0 fully saturated rings. The van der Waals surface area contributed by atoms with Crippen molar-refractivity contribution in [1.29, 1.82) is 0 Å². The smallest absolute Gasteiger partial charge is 0.416 e. The minimum Gasteiger partial charge on any atom is -0.500 e. The molecule has 23 heavy (non-hydrogen) atoms. The third-order valence-electron chi connectivity index (χ3n) is 3.11. The molecule has 0 atom stereocenters. The monoisotopic (exact) mass is 343 g/mol. The standard InChI is InChI=1S/C16H16F3NO2S/c1-4-22-9-12-14(21)13(15(23-12)20(2)3)10-6-5-7-11(8-10)16(17,18)19/h5-9H,4H2,1-3H3. The molecule has 0 aliphatic carbocycles. The van der Waals surface area contributed by atoms with E-state index in [1.54, 1.807) is 25.9 Å². The third-order valence-corrected chi connectivity index (χ3v) is 4.38. The molecule has 2 rings (SSSR count). The number of thioether (sulfide) groups is 1. The Morgan fingerprint density at radius 1 is 1.30 bits per heavy atom. The number of Topliss-reactive ketones (excluding diaryl/α,β-unsaturated/α-hetero) is 1. The highest BCUT2D eigenvalue weighted by Crippen LogP contribution is 2.44. The average Bonchev–Trinajstić information content (AvgIpc) is 2.81. The molecule has 1 aromatic carbocycles.